The first-order chi connectivity index (χ1) is 10.2. The monoisotopic (exact) mass is 314 g/mol. The van der Waals surface area contributed by atoms with Gasteiger partial charge in [0.2, 0.25) is 5.95 Å². The molecule has 0 spiro atoms. The number of anilines is 2. The molecule has 0 bridgehead atoms. The highest BCUT2D eigenvalue weighted by Gasteiger charge is 2.04. The maximum atomic E-state index is 4.42. The molecule has 1 aromatic carbocycles. The summed E-state index contributed by atoms with van der Waals surface area (Å²) in [5.41, 5.74) is 2.11. The van der Waals surface area contributed by atoms with Crippen LogP contribution in [-0.4, -0.2) is 21.2 Å². The molecule has 3 rings (SSSR count). The Morgan fingerprint density at radius 2 is 2.10 bits per heavy atom. The molecule has 6 heteroatoms. The van der Waals surface area contributed by atoms with Crippen LogP contribution in [0.5, 0.6) is 0 Å². The fourth-order valence-corrected chi connectivity index (χ4v) is 3.04. The van der Waals surface area contributed by atoms with Gasteiger partial charge in [0.05, 0.1) is 9.88 Å². The van der Waals surface area contributed by atoms with Crippen molar-refractivity contribution in [3.05, 3.63) is 47.7 Å². The van der Waals surface area contributed by atoms with Gasteiger partial charge in [-0.2, -0.15) is 0 Å². The van der Waals surface area contributed by atoms with Gasteiger partial charge in [-0.25, -0.2) is 15.0 Å². The summed E-state index contributed by atoms with van der Waals surface area (Å²) in [4.78, 5) is 14.1. The van der Waals surface area contributed by atoms with Crippen molar-refractivity contribution in [1.29, 1.82) is 0 Å². The molecule has 0 aliphatic heterocycles. The summed E-state index contributed by atoms with van der Waals surface area (Å²) in [6, 6.07) is 10.1. The van der Waals surface area contributed by atoms with Crippen LogP contribution in [0.4, 0.5) is 11.6 Å². The Kier molecular flexibility index (Phi) is 4.17. The van der Waals surface area contributed by atoms with Crippen LogP contribution >= 0.6 is 23.1 Å². The Morgan fingerprint density at radius 1 is 1.19 bits per heavy atom. The summed E-state index contributed by atoms with van der Waals surface area (Å²) >= 11 is 3.29. The Bertz CT molecular complexity index is 755. The van der Waals surface area contributed by atoms with Crippen LogP contribution in [0.25, 0.3) is 10.4 Å². The van der Waals surface area contributed by atoms with Gasteiger partial charge in [0.1, 0.15) is 5.03 Å². The number of aryl methyl sites for hydroxylation is 1. The predicted molar refractivity (Wildman–Crippen MR) is 89.4 cm³/mol. The van der Waals surface area contributed by atoms with Crippen molar-refractivity contribution in [2.24, 2.45) is 0 Å². The SMILES string of the molecule is CSc1ccnc(Nc2cccc(-c3cnc(C)s3)c2)n1. The van der Waals surface area contributed by atoms with Crippen molar-refractivity contribution in [3.63, 3.8) is 0 Å². The number of aromatic nitrogens is 3. The third kappa shape index (κ3) is 3.40. The average molecular weight is 314 g/mol. The number of hydrogen-bond acceptors (Lipinski definition) is 6. The molecule has 21 heavy (non-hydrogen) atoms. The highest BCUT2D eigenvalue weighted by molar-refractivity contribution is 7.98. The largest absolute Gasteiger partial charge is 0.324 e. The van der Waals surface area contributed by atoms with Crippen LogP contribution < -0.4 is 5.32 Å². The molecule has 0 radical (unpaired) electrons. The molecule has 0 unspecified atom stereocenters. The summed E-state index contributed by atoms with van der Waals surface area (Å²) in [5, 5.41) is 5.26. The maximum Gasteiger partial charge on any atom is 0.228 e. The highest BCUT2D eigenvalue weighted by Crippen LogP contribution is 2.28. The van der Waals surface area contributed by atoms with Gasteiger partial charge < -0.3 is 5.32 Å². The van der Waals surface area contributed by atoms with Gasteiger partial charge in [-0.15, -0.1) is 23.1 Å². The number of rotatable bonds is 4. The van der Waals surface area contributed by atoms with E-state index in [0.29, 0.717) is 5.95 Å². The van der Waals surface area contributed by atoms with E-state index in [1.807, 2.05) is 37.6 Å². The van der Waals surface area contributed by atoms with Gasteiger partial charge in [-0.1, -0.05) is 12.1 Å². The van der Waals surface area contributed by atoms with Crippen LogP contribution in [0.3, 0.4) is 0 Å². The molecule has 0 amide bonds. The number of hydrogen-bond donors (Lipinski definition) is 1. The molecule has 1 N–H and O–H groups in total. The predicted octanol–water partition coefficient (Wildman–Crippen LogP) is 4.37. The van der Waals surface area contributed by atoms with Crippen LogP contribution in [0.1, 0.15) is 5.01 Å². The molecule has 4 nitrogen and oxygen atoms in total. The van der Waals surface area contributed by atoms with E-state index in [4.69, 9.17) is 0 Å². The molecule has 106 valence electrons. The first-order valence-corrected chi connectivity index (χ1v) is 8.45. The normalized spacial score (nSPS) is 10.6. The molecule has 0 fully saturated rings. The van der Waals surface area contributed by atoms with E-state index in [-0.39, 0.29) is 0 Å². The molecule has 0 aliphatic carbocycles. The van der Waals surface area contributed by atoms with Crippen LogP contribution in [0, 0.1) is 6.92 Å². The topological polar surface area (TPSA) is 50.7 Å². The van der Waals surface area contributed by atoms with E-state index in [0.717, 1.165) is 26.2 Å². The number of thioether (sulfide) groups is 1. The van der Waals surface area contributed by atoms with E-state index in [1.54, 1.807) is 29.3 Å². The second-order valence-corrected chi connectivity index (χ2v) is 6.43. The van der Waals surface area contributed by atoms with Gasteiger partial charge in [-0.05, 0) is 36.9 Å². The fraction of sp³-hybridized carbons (Fsp3) is 0.133. The minimum atomic E-state index is 0.611. The van der Waals surface area contributed by atoms with Gasteiger partial charge >= 0.3 is 0 Å². The maximum absolute atomic E-state index is 4.42. The van der Waals surface area contributed by atoms with Crippen molar-refractivity contribution >= 4 is 34.7 Å². The number of nitrogens with one attached hydrogen (secondary N) is 1. The van der Waals surface area contributed by atoms with E-state index >= 15 is 0 Å². The first-order valence-electron chi connectivity index (χ1n) is 6.41. The third-order valence-corrected chi connectivity index (χ3v) is 4.47. The van der Waals surface area contributed by atoms with Crippen LogP contribution in [0.15, 0.2) is 47.8 Å². The van der Waals surface area contributed by atoms with E-state index < -0.39 is 0 Å². The smallest absolute Gasteiger partial charge is 0.228 e. The molecule has 0 aliphatic rings. The number of thiazole rings is 1. The molecule has 2 heterocycles. The van der Waals surface area contributed by atoms with Gasteiger partial charge in [-0.3, -0.25) is 0 Å². The summed E-state index contributed by atoms with van der Waals surface area (Å²) in [5.74, 6) is 0.611. The van der Waals surface area contributed by atoms with E-state index in [2.05, 4.69) is 32.4 Å². The van der Waals surface area contributed by atoms with Crippen molar-refractivity contribution < 1.29 is 0 Å². The van der Waals surface area contributed by atoms with E-state index in [9.17, 15) is 0 Å². The van der Waals surface area contributed by atoms with Crippen molar-refractivity contribution in [2.75, 3.05) is 11.6 Å². The van der Waals surface area contributed by atoms with Gasteiger partial charge in [0.25, 0.3) is 0 Å². The first kappa shape index (κ1) is 14.0. The lowest BCUT2D eigenvalue weighted by atomic mass is 10.2. The molecule has 3 aromatic rings. The van der Waals surface area contributed by atoms with Crippen molar-refractivity contribution in [2.45, 2.75) is 11.9 Å². The third-order valence-electron chi connectivity index (χ3n) is 2.86. The zero-order valence-electron chi connectivity index (χ0n) is 11.7. The molecular formula is C15H14N4S2. The minimum absolute atomic E-state index is 0.611. The lowest BCUT2D eigenvalue weighted by Gasteiger charge is -2.06. The lowest BCUT2D eigenvalue weighted by molar-refractivity contribution is 1.06. The summed E-state index contributed by atoms with van der Waals surface area (Å²) in [6.45, 7) is 2.01. The van der Waals surface area contributed by atoms with Crippen molar-refractivity contribution in [1.82, 2.24) is 15.0 Å². The Hall–Kier alpha value is -1.92. The molecule has 2 aromatic heterocycles. The van der Waals surface area contributed by atoms with E-state index in [1.165, 1.54) is 0 Å². The quantitative estimate of drug-likeness (QED) is 0.572. The Morgan fingerprint density at radius 3 is 2.86 bits per heavy atom. The number of nitrogens with zero attached hydrogens (tertiary/aromatic N) is 3. The second kappa shape index (κ2) is 6.24. The zero-order valence-corrected chi connectivity index (χ0v) is 13.3. The minimum Gasteiger partial charge on any atom is -0.324 e. The van der Waals surface area contributed by atoms with Crippen molar-refractivity contribution in [3.8, 4) is 10.4 Å². The second-order valence-electron chi connectivity index (χ2n) is 4.37. The average Bonchev–Trinajstić information content (AvgIpc) is 2.94. The fourth-order valence-electron chi connectivity index (χ4n) is 1.89. The summed E-state index contributed by atoms with van der Waals surface area (Å²) < 4.78 is 0. The van der Waals surface area contributed by atoms with Gasteiger partial charge in [0.15, 0.2) is 0 Å². The highest BCUT2D eigenvalue weighted by atomic mass is 32.2. The molecular weight excluding hydrogens is 300 g/mol. The lowest BCUT2D eigenvalue weighted by Crippen LogP contribution is -1.97. The Balaban J connectivity index is 1.86. The standard InChI is InChI=1S/C15H14N4S2/c1-10-17-9-13(21-10)11-4-3-5-12(8-11)18-15-16-7-6-14(19-15)20-2/h3-9H,1-2H3,(H,16,18,19). The van der Waals surface area contributed by atoms with Gasteiger partial charge in [0, 0.05) is 18.1 Å². The number of benzene rings is 1. The molecule has 0 saturated heterocycles. The van der Waals surface area contributed by atoms with Crippen LogP contribution in [-0.2, 0) is 0 Å². The Labute approximate surface area is 131 Å². The summed E-state index contributed by atoms with van der Waals surface area (Å²) in [6.07, 6.45) is 5.67. The molecule has 0 saturated carbocycles. The molecule has 0 atom stereocenters. The zero-order chi connectivity index (χ0) is 14.7. The summed E-state index contributed by atoms with van der Waals surface area (Å²) in [7, 11) is 0. The van der Waals surface area contributed by atoms with Crippen LogP contribution in [0.2, 0.25) is 0 Å².